The molecule has 12 heavy (non-hydrogen) atoms. The highest BCUT2D eigenvalue weighted by Gasteiger charge is 2.32. The minimum Gasteiger partial charge on any atom is -0.396 e. The molecule has 0 aromatic rings. The van der Waals surface area contributed by atoms with Crippen LogP contribution in [0.3, 0.4) is 0 Å². The molecular formula is C11H22O. The lowest BCUT2D eigenvalue weighted by atomic mass is 9.67. The van der Waals surface area contributed by atoms with Gasteiger partial charge in [0.2, 0.25) is 0 Å². The van der Waals surface area contributed by atoms with Gasteiger partial charge in [-0.3, -0.25) is 0 Å². The molecule has 1 heteroatoms. The molecule has 1 N–H and O–H groups in total. The summed E-state index contributed by atoms with van der Waals surface area (Å²) < 4.78 is 0. The molecule has 72 valence electrons. The molecule has 0 aliphatic heterocycles. The largest absolute Gasteiger partial charge is 0.396 e. The highest BCUT2D eigenvalue weighted by Crippen LogP contribution is 2.39. The molecule has 4 atom stereocenters. The summed E-state index contributed by atoms with van der Waals surface area (Å²) in [5.74, 6) is 3.00. The SMILES string of the molecule is CCC1CCC(CO)C(C)C1C. The number of aliphatic hydroxyl groups excluding tert-OH is 1. The summed E-state index contributed by atoms with van der Waals surface area (Å²) in [6.07, 6.45) is 3.87. The van der Waals surface area contributed by atoms with Gasteiger partial charge in [-0.2, -0.15) is 0 Å². The summed E-state index contributed by atoms with van der Waals surface area (Å²) >= 11 is 0. The van der Waals surface area contributed by atoms with Crippen LogP contribution in [0.15, 0.2) is 0 Å². The topological polar surface area (TPSA) is 20.2 Å². The van der Waals surface area contributed by atoms with Crippen molar-refractivity contribution in [2.24, 2.45) is 23.7 Å². The van der Waals surface area contributed by atoms with Crippen molar-refractivity contribution >= 4 is 0 Å². The van der Waals surface area contributed by atoms with Crippen molar-refractivity contribution in [2.75, 3.05) is 6.61 Å². The Kier molecular flexibility index (Phi) is 3.57. The molecule has 1 rings (SSSR count). The zero-order valence-corrected chi connectivity index (χ0v) is 8.59. The first-order chi connectivity index (χ1) is 5.70. The van der Waals surface area contributed by atoms with Gasteiger partial charge in [0.15, 0.2) is 0 Å². The van der Waals surface area contributed by atoms with Crippen molar-refractivity contribution in [1.82, 2.24) is 0 Å². The molecule has 0 radical (unpaired) electrons. The minimum atomic E-state index is 0.391. The van der Waals surface area contributed by atoms with Gasteiger partial charge in [-0.05, 0) is 36.5 Å². The number of hydrogen-bond donors (Lipinski definition) is 1. The van der Waals surface area contributed by atoms with Crippen LogP contribution in [0.25, 0.3) is 0 Å². The maximum absolute atomic E-state index is 9.14. The van der Waals surface area contributed by atoms with E-state index < -0.39 is 0 Å². The van der Waals surface area contributed by atoms with Gasteiger partial charge in [0, 0.05) is 6.61 Å². The van der Waals surface area contributed by atoms with E-state index in [2.05, 4.69) is 20.8 Å². The zero-order valence-electron chi connectivity index (χ0n) is 8.59. The van der Waals surface area contributed by atoms with E-state index in [1.54, 1.807) is 0 Å². The van der Waals surface area contributed by atoms with Gasteiger partial charge >= 0.3 is 0 Å². The molecule has 1 nitrogen and oxygen atoms in total. The van der Waals surface area contributed by atoms with Crippen LogP contribution in [0.2, 0.25) is 0 Å². The lowest BCUT2D eigenvalue weighted by Crippen LogP contribution is -2.32. The fraction of sp³-hybridized carbons (Fsp3) is 1.00. The molecule has 4 unspecified atom stereocenters. The van der Waals surface area contributed by atoms with Gasteiger partial charge < -0.3 is 5.11 Å². The predicted molar refractivity (Wildman–Crippen MR) is 51.9 cm³/mol. The van der Waals surface area contributed by atoms with Crippen molar-refractivity contribution in [1.29, 1.82) is 0 Å². The van der Waals surface area contributed by atoms with Crippen molar-refractivity contribution in [3.8, 4) is 0 Å². The van der Waals surface area contributed by atoms with Crippen LogP contribution in [-0.2, 0) is 0 Å². The Bertz CT molecular complexity index is 117. The Morgan fingerprint density at radius 1 is 1.08 bits per heavy atom. The summed E-state index contributed by atoms with van der Waals surface area (Å²) in [7, 11) is 0. The second kappa shape index (κ2) is 4.27. The lowest BCUT2D eigenvalue weighted by molar-refractivity contribution is 0.0674. The molecule has 0 bridgehead atoms. The third-order valence-electron chi connectivity index (χ3n) is 3.98. The Balaban J connectivity index is 2.52. The van der Waals surface area contributed by atoms with E-state index in [1.807, 2.05) is 0 Å². The third kappa shape index (κ3) is 1.82. The van der Waals surface area contributed by atoms with Crippen molar-refractivity contribution in [2.45, 2.75) is 40.0 Å². The predicted octanol–water partition coefficient (Wildman–Crippen LogP) is 2.69. The first-order valence-corrected chi connectivity index (χ1v) is 5.31. The molecule has 1 aliphatic carbocycles. The summed E-state index contributed by atoms with van der Waals surface area (Å²) in [5.41, 5.74) is 0. The van der Waals surface area contributed by atoms with Gasteiger partial charge in [-0.1, -0.05) is 27.2 Å². The van der Waals surface area contributed by atoms with Crippen LogP contribution in [0.5, 0.6) is 0 Å². The summed E-state index contributed by atoms with van der Waals surface area (Å²) in [4.78, 5) is 0. The first-order valence-electron chi connectivity index (χ1n) is 5.31. The van der Waals surface area contributed by atoms with Crippen LogP contribution >= 0.6 is 0 Å². The third-order valence-corrected chi connectivity index (χ3v) is 3.98. The van der Waals surface area contributed by atoms with Gasteiger partial charge in [0.05, 0.1) is 0 Å². The number of aliphatic hydroxyl groups is 1. The van der Waals surface area contributed by atoms with Crippen molar-refractivity contribution in [3.05, 3.63) is 0 Å². The van der Waals surface area contributed by atoms with Crippen LogP contribution in [-0.4, -0.2) is 11.7 Å². The van der Waals surface area contributed by atoms with E-state index in [4.69, 9.17) is 5.11 Å². The van der Waals surface area contributed by atoms with Gasteiger partial charge in [-0.15, -0.1) is 0 Å². The highest BCUT2D eigenvalue weighted by atomic mass is 16.3. The molecule has 1 fully saturated rings. The molecule has 0 amide bonds. The number of rotatable bonds is 2. The van der Waals surface area contributed by atoms with E-state index in [0.29, 0.717) is 18.4 Å². The van der Waals surface area contributed by atoms with Crippen molar-refractivity contribution < 1.29 is 5.11 Å². The fourth-order valence-electron chi connectivity index (χ4n) is 2.65. The molecule has 0 spiro atoms. The number of hydrogen-bond acceptors (Lipinski definition) is 1. The Morgan fingerprint density at radius 2 is 1.58 bits per heavy atom. The molecule has 0 heterocycles. The van der Waals surface area contributed by atoms with E-state index in [-0.39, 0.29) is 0 Å². The van der Waals surface area contributed by atoms with Crippen LogP contribution in [0, 0.1) is 23.7 Å². The summed E-state index contributed by atoms with van der Waals surface area (Å²) in [5, 5.41) is 9.14. The normalized spacial score (nSPS) is 43.0. The molecule has 1 aliphatic rings. The molecule has 1 saturated carbocycles. The second-order valence-electron chi connectivity index (χ2n) is 4.41. The van der Waals surface area contributed by atoms with E-state index >= 15 is 0 Å². The quantitative estimate of drug-likeness (QED) is 0.675. The first kappa shape index (κ1) is 10.0. The molecule has 0 saturated heterocycles. The van der Waals surface area contributed by atoms with E-state index in [9.17, 15) is 0 Å². The highest BCUT2D eigenvalue weighted by molar-refractivity contribution is 4.81. The average molecular weight is 170 g/mol. The maximum Gasteiger partial charge on any atom is 0.0461 e. The van der Waals surface area contributed by atoms with Gasteiger partial charge in [0.25, 0.3) is 0 Å². The van der Waals surface area contributed by atoms with Gasteiger partial charge in [-0.25, -0.2) is 0 Å². The summed E-state index contributed by atoms with van der Waals surface area (Å²) in [6.45, 7) is 7.32. The van der Waals surface area contributed by atoms with Gasteiger partial charge in [0.1, 0.15) is 0 Å². The minimum absolute atomic E-state index is 0.391. The van der Waals surface area contributed by atoms with Crippen LogP contribution in [0.1, 0.15) is 40.0 Å². The monoisotopic (exact) mass is 170 g/mol. The lowest BCUT2D eigenvalue weighted by Gasteiger charge is -2.38. The van der Waals surface area contributed by atoms with Crippen molar-refractivity contribution in [3.63, 3.8) is 0 Å². The Morgan fingerprint density at radius 3 is 2.08 bits per heavy atom. The Hall–Kier alpha value is -0.0400. The molecule has 0 aromatic carbocycles. The average Bonchev–Trinajstić information content (AvgIpc) is 2.10. The summed E-state index contributed by atoms with van der Waals surface area (Å²) in [6, 6.07) is 0. The maximum atomic E-state index is 9.14. The Labute approximate surface area is 76.2 Å². The van der Waals surface area contributed by atoms with Crippen LogP contribution in [0.4, 0.5) is 0 Å². The fourth-order valence-corrected chi connectivity index (χ4v) is 2.65. The zero-order chi connectivity index (χ0) is 9.14. The second-order valence-corrected chi connectivity index (χ2v) is 4.41. The molecule has 0 aromatic heterocycles. The molecular weight excluding hydrogens is 148 g/mol. The standard InChI is InChI=1S/C11H22O/c1-4-10-5-6-11(7-12)9(3)8(10)2/h8-12H,4-7H2,1-3H3. The van der Waals surface area contributed by atoms with Crippen LogP contribution < -0.4 is 0 Å². The van der Waals surface area contributed by atoms with E-state index in [1.165, 1.54) is 19.3 Å². The van der Waals surface area contributed by atoms with E-state index in [0.717, 1.165) is 11.8 Å². The smallest absolute Gasteiger partial charge is 0.0461 e.